The molecule has 0 fully saturated rings. The first kappa shape index (κ1) is 11.9. The molecule has 0 radical (unpaired) electrons. The second-order valence-electron chi connectivity index (χ2n) is 4.00. The third kappa shape index (κ3) is 2.95. The molecule has 0 aliphatic rings. The van der Waals surface area contributed by atoms with Gasteiger partial charge < -0.3 is 15.8 Å². The van der Waals surface area contributed by atoms with Gasteiger partial charge >= 0.3 is 0 Å². The van der Waals surface area contributed by atoms with Crippen molar-refractivity contribution in [2.45, 2.75) is 12.5 Å². The molecule has 1 unspecified atom stereocenters. The van der Waals surface area contributed by atoms with Crippen molar-refractivity contribution in [1.82, 2.24) is 9.38 Å². The Morgan fingerprint density at radius 3 is 3.24 bits per heavy atom. The van der Waals surface area contributed by atoms with Gasteiger partial charge in [0.2, 0.25) is 0 Å². The molecule has 17 heavy (non-hydrogen) atoms. The van der Waals surface area contributed by atoms with Crippen molar-refractivity contribution in [2.75, 3.05) is 25.6 Å². The Morgan fingerprint density at radius 1 is 1.53 bits per heavy atom. The van der Waals surface area contributed by atoms with Gasteiger partial charge in [0.05, 0.1) is 6.61 Å². The lowest BCUT2D eigenvalue weighted by Crippen LogP contribution is -2.28. The molecular weight excluding hydrogens is 216 g/mol. The molecule has 0 aromatic carbocycles. The molecule has 2 aromatic heterocycles. The van der Waals surface area contributed by atoms with E-state index in [1.165, 1.54) is 0 Å². The molecule has 2 aromatic rings. The van der Waals surface area contributed by atoms with E-state index >= 15 is 0 Å². The minimum absolute atomic E-state index is 0.0782. The van der Waals surface area contributed by atoms with Crippen LogP contribution in [0.5, 0.6) is 0 Å². The van der Waals surface area contributed by atoms with Crippen LogP contribution in [0.15, 0.2) is 30.6 Å². The summed E-state index contributed by atoms with van der Waals surface area (Å²) in [6, 6.07) is 6.06. The topological polar surface area (TPSA) is 64.6 Å². The highest BCUT2D eigenvalue weighted by atomic mass is 16.5. The number of ether oxygens (including phenoxy) is 1. The smallest absolute Gasteiger partial charge is 0.138 e. The van der Waals surface area contributed by atoms with E-state index in [0.717, 1.165) is 24.4 Å². The number of nitrogens with one attached hydrogen (secondary N) is 1. The van der Waals surface area contributed by atoms with Crippen LogP contribution < -0.4 is 11.1 Å². The van der Waals surface area contributed by atoms with Gasteiger partial charge in [-0.15, -0.1) is 0 Å². The molecule has 0 amide bonds. The lowest BCUT2D eigenvalue weighted by Gasteiger charge is -2.12. The number of hydrogen-bond acceptors (Lipinski definition) is 4. The lowest BCUT2D eigenvalue weighted by molar-refractivity contribution is 0.178. The van der Waals surface area contributed by atoms with E-state index < -0.39 is 0 Å². The summed E-state index contributed by atoms with van der Waals surface area (Å²) in [7, 11) is 1.67. The maximum atomic E-state index is 5.86. The van der Waals surface area contributed by atoms with Crippen LogP contribution in [0, 0.1) is 0 Å². The van der Waals surface area contributed by atoms with Crippen LogP contribution in [0.2, 0.25) is 0 Å². The average molecular weight is 234 g/mol. The van der Waals surface area contributed by atoms with E-state index in [4.69, 9.17) is 10.5 Å². The van der Waals surface area contributed by atoms with Gasteiger partial charge in [-0.05, 0) is 18.6 Å². The number of aromatic nitrogens is 2. The van der Waals surface area contributed by atoms with Crippen LogP contribution in [0.1, 0.15) is 6.42 Å². The second-order valence-corrected chi connectivity index (χ2v) is 4.00. The van der Waals surface area contributed by atoms with Crippen LogP contribution >= 0.6 is 0 Å². The number of pyridine rings is 1. The number of nitrogens with zero attached hydrogens (tertiary/aromatic N) is 2. The van der Waals surface area contributed by atoms with Crippen molar-refractivity contribution in [2.24, 2.45) is 5.73 Å². The molecule has 2 heterocycles. The van der Waals surface area contributed by atoms with Gasteiger partial charge in [-0.1, -0.05) is 6.07 Å². The van der Waals surface area contributed by atoms with Crippen LogP contribution in [0.25, 0.3) is 5.65 Å². The molecule has 0 bridgehead atoms. The third-order valence-electron chi connectivity index (χ3n) is 2.63. The normalized spacial score (nSPS) is 12.8. The van der Waals surface area contributed by atoms with Gasteiger partial charge in [0, 0.05) is 32.1 Å². The Kier molecular flexibility index (Phi) is 3.95. The molecule has 0 aliphatic heterocycles. The number of hydrogen-bond donors (Lipinski definition) is 2. The first-order chi connectivity index (χ1) is 8.31. The number of imidazole rings is 1. The van der Waals surface area contributed by atoms with Crippen LogP contribution in [0.4, 0.5) is 5.82 Å². The van der Waals surface area contributed by atoms with Crippen LogP contribution in [-0.2, 0) is 4.74 Å². The molecule has 0 saturated heterocycles. The SMILES string of the molecule is COCC(N)CCNc1cccc2nccn12. The Bertz CT molecular complexity index is 468. The summed E-state index contributed by atoms with van der Waals surface area (Å²) in [5, 5.41) is 3.35. The van der Waals surface area contributed by atoms with E-state index in [0.29, 0.717) is 6.61 Å². The van der Waals surface area contributed by atoms with Crippen molar-refractivity contribution < 1.29 is 4.74 Å². The highest BCUT2D eigenvalue weighted by molar-refractivity contribution is 5.49. The van der Waals surface area contributed by atoms with E-state index in [-0.39, 0.29) is 6.04 Å². The fourth-order valence-corrected chi connectivity index (χ4v) is 1.77. The number of methoxy groups -OCH3 is 1. The summed E-state index contributed by atoms with van der Waals surface area (Å²) in [5.74, 6) is 1.03. The van der Waals surface area contributed by atoms with Gasteiger partial charge in [0.1, 0.15) is 11.5 Å². The average Bonchev–Trinajstić information content (AvgIpc) is 2.78. The van der Waals surface area contributed by atoms with Gasteiger partial charge in [0.25, 0.3) is 0 Å². The molecule has 1 atom stereocenters. The third-order valence-corrected chi connectivity index (χ3v) is 2.63. The zero-order valence-electron chi connectivity index (χ0n) is 9.97. The standard InChI is InChI=1S/C12H18N4O/c1-17-9-10(13)5-6-14-11-3-2-4-12-15-7-8-16(11)12/h2-4,7-8,10,14H,5-6,9,13H2,1H3. The highest BCUT2D eigenvalue weighted by Crippen LogP contribution is 2.10. The molecule has 0 saturated carbocycles. The van der Waals surface area contributed by atoms with Gasteiger partial charge in [-0.2, -0.15) is 0 Å². The summed E-state index contributed by atoms with van der Waals surface area (Å²) in [6.45, 7) is 1.42. The van der Waals surface area contributed by atoms with Crippen molar-refractivity contribution >= 4 is 11.5 Å². The van der Waals surface area contributed by atoms with Crippen LogP contribution in [0.3, 0.4) is 0 Å². The molecular formula is C12H18N4O. The first-order valence-corrected chi connectivity index (χ1v) is 5.71. The van der Waals surface area contributed by atoms with Crippen LogP contribution in [-0.4, -0.2) is 35.7 Å². The van der Waals surface area contributed by atoms with Gasteiger partial charge in [-0.25, -0.2) is 4.98 Å². The van der Waals surface area contributed by atoms with Crippen molar-refractivity contribution in [3.63, 3.8) is 0 Å². The predicted molar refractivity (Wildman–Crippen MR) is 68.2 cm³/mol. The molecule has 2 rings (SSSR count). The zero-order chi connectivity index (χ0) is 12.1. The van der Waals surface area contributed by atoms with E-state index in [2.05, 4.69) is 10.3 Å². The summed E-state index contributed by atoms with van der Waals surface area (Å²) >= 11 is 0. The maximum absolute atomic E-state index is 5.86. The number of anilines is 1. The molecule has 5 heteroatoms. The predicted octanol–water partition coefficient (Wildman–Crippen LogP) is 1.11. The fraction of sp³-hybridized carbons (Fsp3) is 0.417. The largest absolute Gasteiger partial charge is 0.383 e. The van der Waals surface area contributed by atoms with Gasteiger partial charge in [0.15, 0.2) is 0 Å². The Balaban J connectivity index is 1.92. The van der Waals surface area contributed by atoms with Crippen molar-refractivity contribution in [1.29, 1.82) is 0 Å². The molecule has 92 valence electrons. The lowest BCUT2D eigenvalue weighted by atomic mass is 10.2. The Morgan fingerprint density at radius 2 is 2.41 bits per heavy atom. The minimum Gasteiger partial charge on any atom is -0.383 e. The Labute approximate surface area is 101 Å². The quantitative estimate of drug-likeness (QED) is 0.786. The van der Waals surface area contributed by atoms with E-state index in [1.807, 2.05) is 28.8 Å². The number of rotatable bonds is 6. The highest BCUT2D eigenvalue weighted by Gasteiger charge is 2.03. The van der Waals surface area contributed by atoms with E-state index in [9.17, 15) is 0 Å². The van der Waals surface area contributed by atoms with Gasteiger partial charge in [-0.3, -0.25) is 4.40 Å². The molecule has 0 aliphatic carbocycles. The first-order valence-electron chi connectivity index (χ1n) is 5.71. The Hall–Kier alpha value is -1.59. The van der Waals surface area contributed by atoms with Crippen molar-refractivity contribution in [3.8, 4) is 0 Å². The maximum Gasteiger partial charge on any atom is 0.138 e. The molecule has 0 spiro atoms. The van der Waals surface area contributed by atoms with E-state index in [1.54, 1.807) is 13.3 Å². The summed E-state index contributed by atoms with van der Waals surface area (Å²) in [5.41, 5.74) is 6.80. The number of nitrogens with two attached hydrogens (primary N) is 1. The second kappa shape index (κ2) is 5.65. The zero-order valence-corrected chi connectivity index (χ0v) is 9.97. The summed E-state index contributed by atoms with van der Waals surface area (Å²) < 4.78 is 7.01. The summed E-state index contributed by atoms with van der Waals surface area (Å²) in [4.78, 5) is 4.23. The molecule has 3 N–H and O–H groups in total. The number of fused-ring (bicyclic) bond motifs is 1. The minimum atomic E-state index is 0.0782. The monoisotopic (exact) mass is 234 g/mol. The summed E-state index contributed by atoms with van der Waals surface area (Å²) in [6.07, 6.45) is 4.60. The molecule has 5 nitrogen and oxygen atoms in total. The fourth-order valence-electron chi connectivity index (χ4n) is 1.77. The van der Waals surface area contributed by atoms with Crippen molar-refractivity contribution in [3.05, 3.63) is 30.6 Å².